The first kappa shape index (κ1) is 13.8. The fourth-order valence-corrected chi connectivity index (χ4v) is 2.41. The summed E-state index contributed by atoms with van der Waals surface area (Å²) in [6.45, 7) is 2.19. The Morgan fingerprint density at radius 3 is 2.75 bits per heavy atom. The van der Waals surface area contributed by atoms with Crippen LogP contribution in [0.2, 0.25) is 0 Å². The largest absolute Gasteiger partial charge is 0.468 e. The molecule has 0 amide bonds. The topological polar surface area (TPSA) is 58.6 Å². The third-order valence-corrected chi connectivity index (χ3v) is 3.87. The SMILES string of the molecule is COC(=O)C(CSCC(C)CO)NC1CC1. The number of aliphatic hydroxyl groups is 1. The van der Waals surface area contributed by atoms with E-state index in [1.807, 2.05) is 6.92 Å². The van der Waals surface area contributed by atoms with Crippen LogP contribution in [0.4, 0.5) is 0 Å². The number of hydrogen-bond acceptors (Lipinski definition) is 5. The summed E-state index contributed by atoms with van der Waals surface area (Å²) in [6, 6.07) is 0.299. The number of carbonyl (C=O) groups is 1. The lowest BCUT2D eigenvalue weighted by atomic mass is 10.2. The van der Waals surface area contributed by atoms with Gasteiger partial charge in [0.05, 0.1) is 7.11 Å². The lowest BCUT2D eigenvalue weighted by molar-refractivity contribution is -0.142. The second kappa shape index (κ2) is 7.14. The smallest absolute Gasteiger partial charge is 0.323 e. The van der Waals surface area contributed by atoms with E-state index < -0.39 is 0 Å². The average molecular weight is 247 g/mol. The van der Waals surface area contributed by atoms with Crippen LogP contribution < -0.4 is 5.32 Å². The number of rotatable bonds is 8. The zero-order chi connectivity index (χ0) is 12.0. The van der Waals surface area contributed by atoms with E-state index in [9.17, 15) is 4.79 Å². The maximum atomic E-state index is 11.5. The van der Waals surface area contributed by atoms with Crippen molar-refractivity contribution in [2.45, 2.75) is 31.8 Å². The van der Waals surface area contributed by atoms with Crippen LogP contribution in [-0.2, 0) is 9.53 Å². The summed E-state index contributed by atoms with van der Waals surface area (Å²) >= 11 is 1.68. The second-order valence-electron chi connectivity index (χ2n) is 4.34. The summed E-state index contributed by atoms with van der Waals surface area (Å²) in [7, 11) is 1.42. The van der Waals surface area contributed by atoms with Gasteiger partial charge in [-0.2, -0.15) is 11.8 Å². The van der Waals surface area contributed by atoms with Crippen LogP contribution in [0, 0.1) is 5.92 Å². The molecule has 0 aromatic heterocycles. The summed E-state index contributed by atoms with van der Waals surface area (Å²) in [5.41, 5.74) is 0. The molecule has 2 N–H and O–H groups in total. The minimum absolute atomic E-state index is 0.184. The van der Waals surface area contributed by atoms with Gasteiger partial charge in [0.15, 0.2) is 0 Å². The predicted octanol–water partition coefficient (Wildman–Crippen LogP) is 0.642. The summed E-state index contributed by atoms with van der Waals surface area (Å²) in [4.78, 5) is 11.5. The van der Waals surface area contributed by atoms with Crippen molar-refractivity contribution in [2.75, 3.05) is 25.2 Å². The Balaban J connectivity index is 2.23. The quantitative estimate of drug-likeness (QED) is 0.617. The van der Waals surface area contributed by atoms with E-state index in [0.29, 0.717) is 11.8 Å². The van der Waals surface area contributed by atoms with Gasteiger partial charge in [-0.15, -0.1) is 0 Å². The molecule has 0 radical (unpaired) electrons. The monoisotopic (exact) mass is 247 g/mol. The number of ether oxygens (including phenoxy) is 1. The van der Waals surface area contributed by atoms with Gasteiger partial charge in [-0.3, -0.25) is 4.79 Å². The van der Waals surface area contributed by atoms with E-state index in [1.165, 1.54) is 7.11 Å². The van der Waals surface area contributed by atoms with E-state index in [0.717, 1.165) is 18.6 Å². The molecule has 4 nitrogen and oxygen atoms in total. The van der Waals surface area contributed by atoms with Crippen molar-refractivity contribution in [3.8, 4) is 0 Å². The first-order valence-corrected chi connectivity index (χ1v) is 6.85. The lowest BCUT2D eigenvalue weighted by Gasteiger charge is -2.16. The average Bonchev–Trinajstić information content (AvgIpc) is 3.10. The Morgan fingerprint density at radius 1 is 1.56 bits per heavy atom. The van der Waals surface area contributed by atoms with Crippen molar-refractivity contribution in [3.05, 3.63) is 0 Å². The van der Waals surface area contributed by atoms with Gasteiger partial charge in [0, 0.05) is 18.4 Å². The highest BCUT2D eigenvalue weighted by atomic mass is 32.2. The molecule has 1 aliphatic carbocycles. The van der Waals surface area contributed by atoms with E-state index in [2.05, 4.69) is 5.32 Å². The van der Waals surface area contributed by atoms with Gasteiger partial charge in [0.25, 0.3) is 0 Å². The van der Waals surface area contributed by atoms with E-state index in [-0.39, 0.29) is 24.5 Å². The number of carbonyl (C=O) groups excluding carboxylic acids is 1. The fraction of sp³-hybridized carbons (Fsp3) is 0.909. The molecule has 2 unspecified atom stereocenters. The molecule has 0 aromatic carbocycles. The fourth-order valence-electron chi connectivity index (χ4n) is 1.30. The number of thioether (sulfide) groups is 1. The maximum Gasteiger partial charge on any atom is 0.323 e. The number of nitrogens with one attached hydrogen (secondary N) is 1. The Morgan fingerprint density at radius 2 is 2.25 bits per heavy atom. The Kier molecular flexibility index (Phi) is 6.16. The molecule has 1 aliphatic rings. The number of methoxy groups -OCH3 is 1. The molecule has 5 heteroatoms. The van der Waals surface area contributed by atoms with E-state index >= 15 is 0 Å². The Hall–Kier alpha value is -0.260. The first-order chi connectivity index (χ1) is 7.67. The molecule has 0 saturated heterocycles. The predicted molar refractivity (Wildman–Crippen MR) is 65.5 cm³/mol. The van der Waals surface area contributed by atoms with Gasteiger partial charge < -0.3 is 15.2 Å². The van der Waals surface area contributed by atoms with Gasteiger partial charge >= 0.3 is 5.97 Å². The van der Waals surface area contributed by atoms with Crippen molar-refractivity contribution < 1.29 is 14.6 Å². The zero-order valence-corrected chi connectivity index (χ0v) is 10.8. The molecule has 94 valence electrons. The van der Waals surface area contributed by atoms with Crippen LogP contribution in [-0.4, -0.2) is 48.4 Å². The lowest BCUT2D eigenvalue weighted by Crippen LogP contribution is -2.41. The van der Waals surface area contributed by atoms with Gasteiger partial charge in [0.2, 0.25) is 0 Å². The van der Waals surface area contributed by atoms with Crippen molar-refractivity contribution in [1.82, 2.24) is 5.32 Å². The molecule has 1 saturated carbocycles. The highest BCUT2D eigenvalue weighted by Gasteiger charge is 2.28. The molecule has 0 heterocycles. The first-order valence-electron chi connectivity index (χ1n) is 5.69. The standard InChI is InChI=1S/C11H21NO3S/c1-8(5-13)6-16-7-10(11(14)15-2)12-9-3-4-9/h8-10,12-13H,3-7H2,1-2H3. The van der Waals surface area contributed by atoms with Gasteiger partial charge in [0.1, 0.15) is 6.04 Å². The van der Waals surface area contributed by atoms with Crippen molar-refractivity contribution in [3.63, 3.8) is 0 Å². The molecule has 16 heavy (non-hydrogen) atoms. The molecule has 1 fully saturated rings. The van der Waals surface area contributed by atoms with Crippen molar-refractivity contribution in [1.29, 1.82) is 0 Å². The van der Waals surface area contributed by atoms with E-state index in [1.54, 1.807) is 11.8 Å². The zero-order valence-electron chi connectivity index (χ0n) is 9.94. The minimum atomic E-state index is -0.201. The molecular weight excluding hydrogens is 226 g/mol. The number of hydrogen-bond donors (Lipinski definition) is 2. The second-order valence-corrected chi connectivity index (χ2v) is 5.42. The number of esters is 1. The number of aliphatic hydroxyl groups excluding tert-OH is 1. The highest BCUT2D eigenvalue weighted by Crippen LogP contribution is 2.21. The van der Waals surface area contributed by atoms with Crippen LogP contribution in [0.25, 0.3) is 0 Å². The summed E-state index contributed by atoms with van der Waals surface area (Å²) in [5.74, 6) is 1.68. The molecular formula is C11H21NO3S. The maximum absolute atomic E-state index is 11.5. The third-order valence-electron chi connectivity index (χ3n) is 2.50. The summed E-state index contributed by atoms with van der Waals surface area (Å²) < 4.78 is 4.76. The van der Waals surface area contributed by atoms with Crippen molar-refractivity contribution in [2.24, 2.45) is 5.92 Å². The highest BCUT2D eigenvalue weighted by molar-refractivity contribution is 7.99. The van der Waals surface area contributed by atoms with Crippen LogP contribution in [0.15, 0.2) is 0 Å². The molecule has 0 aliphatic heterocycles. The van der Waals surface area contributed by atoms with Gasteiger partial charge in [-0.25, -0.2) is 0 Å². The minimum Gasteiger partial charge on any atom is -0.468 e. The summed E-state index contributed by atoms with van der Waals surface area (Å²) in [5, 5.41) is 12.2. The van der Waals surface area contributed by atoms with Gasteiger partial charge in [-0.1, -0.05) is 6.92 Å². The van der Waals surface area contributed by atoms with Crippen LogP contribution >= 0.6 is 11.8 Å². The third kappa shape index (κ3) is 5.18. The van der Waals surface area contributed by atoms with Crippen LogP contribution in [0.1, 0.15) is 19.8 Å². The Bertz CT molecular complexity index is 221. The normalized spacial score (nSPS) is 19.2. The molecule has 0 spiro atoms. The molecule has 1 rings (SSSR count). The van der Waals surface area contributed by atoms with Crippen LogP contribution in [0.5, 0.6) is 0 Å². The summed E-state index contributed by atoms with van der Waals surface area (Å²) in [6.07, 6.45) is 2.32. The van der Waals surface area contributed by atoms with Crippen molar-refractivity contribution >= 4 is 17.7 Å². The van der Waals surface area contributed by atoms with Gasteiger partial charge in [-0.05, 0) is 24.5 Å². The van der Waals surface area contributed by atoms with E-state index in [4.69, 9.17) is 9.84 Å². The molecule has 2 atom stereocenters. The Labute approximate surface area is 101 Å². The van der Waals surface area contributed by atoms with Crippen LogP contribution in [0.3, 0.4) is 0 Å². The molecule has 0 aromatic rings. The molecule has 0 bridgehead atoms.